The van der Waals surface area contributed by atoms with Crippen molar-refractivity contribution in [3.05, 3.63) is 29.8 Å². The van der Waals surface area contributed by atoms with Crippen molar-refractivity contribution in [1.82, 2.24) is 0 Å². The van der Waals surface area contributed by atoms with Crippen LogP contribution in [-0.2, 0) is 0 Å². The van der Waals surface area contributed by atoms with Gasteiger partial charge in [0.05, 0.1) is 0 Å². The topological polar surface area (TPSA) is 26.3 Å². The highest BCUT2D eigenvalue weighted by Gasteiger charge is 2.27. The van der Waals surface area contributed by atoms with Crippen LogP contribution in [0.2, 0.25) is 0 Å². The van der Waals surface area contributed by atoms with Gasteiger partial charge < -0.3 is 4.74 Å². The molecule has 0 saturated carbocycles. The molecule has 0 aliphatic heterocycles. The molecule has 0 saturated heterocycles. The molecular formula is C8H4Cl2F2O2. The average Bonchev–Trinajstić information content (AvgIpc) is 2.01. The molecule has 2 nitrogen and oxygen atoms in total. The molecule has 1 aromatic carbocycles. The summed E-state index contributed by atoms with van der Waals surface area (Å²) < 4.78 is 28.3. The van der Waals surface area contributed by atoms with Crippen molar-refractivity contribution in [2.45, 2.75) is 5.57 Å². The van der Waals surface area contributed by atoms with Gasteiger partial charge in [-0.2, -0.15) is 0 Å². The number of carbonyl (C=O) groups is 1. The maximum Gasteiger partial charge on any atom is 0.487 e. The first-order valence-electron chi connectivity index (χ1n) is 3.44. The van der Waals surface area contributed by atoms with Crippen LogP contribution in [0.15, 0.2) is 24.3 Å². The zero-order valence-corrected chi connectivity index (χ0v) is 8.15. The molecule has 0 bridgehead atoms. The summed E-state index contributed by atoms with van der Waals surface area (Å²) in [6.07, 6.45) is 0. The van der Waals surface area contributed by atoms with Gasteiger partial charge in [-0.15, -0.1) is 8.78 Å². The minimum atomic E-state index is -3.80. The molecule has 0 unspecified atom stereocenters. The summed E-state index contributed by atoms with van der Waals surface area (Å²) in [6, 6.07) is 5.04. The Bertz CT molecular complexity index is 349. The van der Waals surface area contributed by atoms with Gasteiger partial charge >= 0.3 is 5.57 Å². The summed E-state index contributed by atoms with van der Waals surface area (Å²) in [6.45, 7) is 0. The van der Waals surface area contributed by atoms with Crippen LogP contribution >= 0.6 is 23.2 Å². The second kappa shape index (κ2) is 4.11. The second-order valence-corrected chi connectivity index (χ2v) is 3.13. The first-order valence-corrected chi connectivity index (χ1v) is 4.20. The lowest BCUT2D eigenvalue weighted by Gasteiger charge is -2.10. The molecule has 6 heteroatoms. The summed E-state index contributed by atoms with van der Waals surface area (Å²) >= 11 is 9.66. The maximum atomic E-state index is 12.2. The highest BCUT2D eigenvalue weighted by molar-refractivity contribution is 6.67. The quantitative estimate of drug-likeness (QED) is 0.599. The van der Waals surface area contributed by atoms with Crippen molar-refractivity contribution in [3.8, 4) is 5.75 Å². The second-order valence-electron chi connectivity index (χ2n) is 2.35. The van der Waals surface area contributed by atoms with Gasteiger partial charge in [-0.3, -0.25) is 4.79 Å². The Morgan fingerprint density at radius 3 is 2.57 bits per heavy atom. The van der Waals surface area contributed by atoms with Gasteiger partial charge in [0, 0.05) is 17.2 Å². The normalized spacial score (nSPS) is 11.1. The highest BCUT2D eigenvalue weighted by Crippen LogP contribution is 2.25. The van der Waals surface area contributed by atoms with E-state index in [0.29, 0.717) is 0 Å². The Kier molecular flexibility index (Phi) is 3.29. The lowest BCUT2D eigenvalue weighted by atomic mass is 10.2. The monoisotopic (exact) mass is 240 g/mol. The number of alkyl halides is 3. The van der Waals surface area contributed by atoms with Crippen LogP contribution in [0.3, 0.4) is 0 Å². The third kappa shape index (κ3) is 3.47. The number of halogens is 4. The van der Waals surface area contributed by atoms with Gasteiger partial charge in [0.2, 0.25) is 0 Å². The molecule has 0 aliphatic carbocycles. The van der Waals surface area contributed by atoms with E-state index >= 15 is 0 Å². The molecule has 0 heterocycles. The van der Waals surface area contributed by atoms with E-state index in [1.165, 1.54) is 18.2 Å². The summed E-state index contributed by atoms with van der Waals surface area (Å²) in [5, 5.41) is -0.756. The van der Waals surface area contributed by atoms with Crippen molar-refractivity contribution in [1.29, 1.82) is 0 Å². The molecule has 0 atom stereocenters. The molecule has 0 aromatic heterocycles. The zero-order valence-electron chi connectivity index (χ0n) is 6.64. The van der Waals surface area contributed by atoms with E-state index in [1.807, 2.05) is 0 Å². The molecule has 0 amide bonds. The van der Waals surface area contributed by atoms with Crippen molar-refractivity contribution in [3.63, 3.8) is 0 Å². The minimum Gasteiger partial charge on any atom is -0.420 e. The van der Waals surface area contributed by atoms with Gasteiger partial charge in [-0.05, 0) is 29.8 Å². The molecular weight excluding hydrogens is 237 g/mol. The molecule has 76 valence electrons. The Hall–Kier alpha value is -0.870. The van der Waals surface area contributed by atoms with Crippen LogP contribution < -0.4 is 4.74 Å². The fourth-order valence-electron chi connectivity index (χ4n) is 0.815. The lowest BCUT2D eigenvalue weighted by Crippen LogP contribution is -2.15. The van der Waals surface area contributed by atoms with Crippen molar-refractivity contribution >= 4 is 28.4 Å². The van der Waals surface area contributed by atoms with Gasteiger partial charge in [0.15, 0.2) is 0 Å². The van der Waals surface area contributed by atoms with E-state index in [0.717, 1.165) is 6.07 Å². The predicted octanol–water partition coefficient (Wildman–Crippen LogP) is 3.23. The lowest BCUT2D eigenvalue weighted by molar-refractivity contribution is -0.0965. The van der Waals surface area contributed by atoms with E-state index in [1.54, 1.807) is 0 Å². The molecule has 1 rings (SSSR count). The molecule has 0 N–H and O–H groups in total. The number of ether oxygens (including phenoxy) is 1. The SMILES string of the molecule is O=C(Cl)c1cccc(OC(F)(F)Cl)c1. The Morgan fingerprint density at radius 1 is 1.43 bits per heavy atom. The first kappa shape index (κ1) is 11.2. The predicted molar refractivity (Wildman–Crippen MR) is 48.1 cm³/mol. The Labute approximate surface area is 88.4 Å². The summed E-state index contributed by atoms with van der Waals surface area (Å²) in [5.74, 6) is -0.225. The smallest absolute Gasteiger partial charge is 0.420 e. The first-order chi connectivity index (χ1) is 6.38. The maximum absolute atomic E-state index is 12.2. The number of benzene rings is 1. The van der Waals surface area contributed by atoms with Gasteiger partial charge in [-0.25, -0.2) is 0 Å². The van der Waals surface area contributed by atoms with E-state index in [2.05, 4.69) is 16.3 Å². The summed E-state index contributed by atoms with van der Waals surface area (Å²) in [5.41, 5.74) is -3.74. The minimum absolute atomic E-state index is 0.0603. The Balaban J connectivity index is 2.89. The van der Waals surface area contributed by atoms with Gasteiger partial charge in [0.1, 0.15) is 5.75 Å². The van der Waals surface area contributed by atoms with Crippen LogP contribution in [-0.4, -0.2) is 10.8 Å². The summed E-state index contributed by atoms with van der Waals surface area (Å²) in [4.78, 5) is 10.7. The van der Waals surface area contributed by atoms with Crippen LogP contribution in [0.4, 0.5) is 8.78 Å². The molecule has 0 radical (unpaired) electrons. The average molecular weight is 241 g/mol. The number of hydrogen-bond acceptors (Lipinski definition) is 2. The van der Waals surface area contributed by atoms with E-state index < -0.39 is 10.8 Å². The number of rotatable bonds is 3. The molecule has 1 aromatic rings. The highest BCUT2D eigenvalue weighted by atomic mass is 35.5. The molecule has 14 heavy (non-hydrogen) atoms. The van der Waals surface area contributed by atoms with E-state index in [9.17, 15) is 13.6 Å². The van der Waals surface area contributed by atoms with Crippen molar-refractivity contribution in [2.75, 3.05) is 0 Å². The number of carbonyl (C=O) groups excluding carboxylic acids is 1. The van der Waals surface area contributed by atoms with Crippen LogP contribution in [0.25, 0.3) is 0 Å². The third-order valence-electron chi connectivity index (χ3n) is 1.29. The number of hydrogen-bond donors (Lipinski definition) is 0. The van der Waals surface area contributed by atoms with E-state index in [-0.39, 0.29) is 11.3 Å². The molecule has 0 aliphatic rings. The standard InChI is InChI=1S/C8H4Cl2F2O2/c9-7(13)5-2-1-3-6(4-5)14-8(10,11)12/h1-4H. The van der Waals surface area contributed by atoms with Crippen LogP contribution in [0.5, 0.6) is 5.75 Å². The van der Waals surface area contributed by atoms with Crippen molar-refractivity contribution < 1.29 is 18.3 Å². The van der Waals surface area contributed by atoms with E-state index in [4.69, 9.17) is 11.6 Å². The summed E-state index contributed by atoms with van der Waals surface area (Å²) in [7, 11) is 0. The largest absolute Gasteiger partial charge is 0.487 e. The van der Waals surface area contributed by atoms with Gasteiger partial charge in [0.25, 0.3) is 5.24 Å². The van der Waals surface area contributed by atoms with Crippen LogP contribution in [0.1, 0.15) is 10.4 Å². The van der Waals surface area contributed by atoms with Crippen molar-refractivity contribution in [2.24, 2.45) is 0 Å². The third-order valence-corrected chi connectivity index (χ3v) is 1.59. The van der Waals surface area contributed by atoms with Crippen LogP contribution in [0, 0.1) is 0 Å². The van der Waals surface area contributed by atoms with Gasteiger partial charge in [-0.1, -0.05) is 6.07 Å². The zero-order chi connectivity index (χ0) is 10.8. The fourth-order valence-corrected chi connectivity index (χ4v) is 1.02. The fraction of sp³-hybridized carbons (Fsp3) is 0.125. The molecule has 0 spiro atoms. The molecule has 0 fully saturated rings. The Morgan fingerprint density at radius 2 is 2.07 bits per heavy atom.